The minimum atomic E-state index is -0.950. The lowest BCUT2D eigenvalue weighted by Gasteiger charge is -2.30. The molecular formula is C16H21NO4. The molecule has 1 N–H and O–H groups in total. The molecule has 0 saturated carbocycles. The van der Waals surface area contributed by atoms with Crippen molar-refractivity contribution in [3.63, 3.8) is 0 Å². The van der Waals surface area contributed by atoms with E-state index in [0.29, 0.717) is 13.0 Å². The average molecular weight is 291 g/mol. The van der Waals surface area contributed by atoms with Gasteiger partial charge in [0.05, 0.1) is 0 Å². The summed E-state index contributed by atoms with van der Waals surface area (Å²) in [7, 11) is 0. The molecule has 5 nitrogen and oxygen atoms in total. The number of likely N-dealkylation sites (tertiary alicyclic amines) is 1. The Bertz CT molecular complexity index is 474. The summed E-state index contributed by atoms with van der Waals surface area (Å²) in [6.07, 6.45) is 3.67. The van der Waals surface area contributed by atoms with Gasteiger partial charge in [-0.3, -0.25) is 4.90 Å². The quantitative estimate of drug-likeness (QED) is 0.929. The number of hydrogen-bond donors (Lipinski definition) is 1. The molecule has 1 atom stereocenters. The maximum atomic E-state index is 12.2. The first-order chi connectivity index (χ1) is 10.2. The second-order valence-corrected chi connectivity index (χ2v) is 5.29. The van der Waals surface area contributed by atoms with Gasteiger partial charge in [0.15, 0.2) is 0 Å². The van der Waals surface area contributed by atoms with Crippen molar-refractivity contribution in [2.75, 3.05) is 6.54 Å². The molecule has 1 aliphatic heterocycles. The van der Waals surface area contributed by atoms with Gasteiger partial charge in [-0.2, -0.15) is 0 Å². The van der Waals surface area contributed by atoms with Crippen LogP contribution in [0.25, 0.3) is 0 Å². The molecule has 1 heterocycles. The van der Waals surface area contributed by atoms with Crippen LogP contribution in [-0.2, 0) is 16.1 Å². The van der Waals surface area contributed by atoms with Crippen molar-refractivity contribution in [3.05, 3.63) is 35.9 Å². The van der Waals surface area contributed by atoms with Crippen LogP contribution < -0.4 is 0 Å². The van der Waals surface area contributed by atoms with Crippen LogP contribution in [0.2, 0.25) is 0 Å². The maximum absolute atomic E-state index is 12.2. The molecule has 1 aromatic carbocycles. The summed E-state index contributed by atoms with van der Waals surface area (Å²) < 4.78 is 5.27. The number of carboxylic acids is 1. The summed E-state index contributed by atoms with van der Waals surface area (Å²) in [5, 5.41) is 9.31. The number of hydrogen-bond acceptors (Lipinski definition) is 3. The van der Waals surface area contributed by atoms with Gasteiger partial charge in [-0.15, -0.1) is 0 Å². The molecule has 0 bridgehead atoms. The van der Waals surface area contributed by atoms with Crippen molar-refractivity contribution in [2.45, 2.75) is 44.8 Å². The van der Waals surface area contributed by atoms with Crippen molar-refractivity contribution in [2.24, 2.45) is 0 Å². The van der Waals surface area contributed by atoms with Gasteiger partial charge in [0, 0.05) is 6.54 Å². The van der Waals surface area contributed by atoms with Crippen molar-refractivity contribution in [1.82, 2.24) is 4.90 Å². The number of amides is 1. The minimum Gasteiger partial charge on any atom is -0.480 e. The lowest BCUT2D eigenvalue weighted by molar-refractivity contribution is -0.143. The number of rotatable bonds is 3. The van der Waals surface area contributed by atoms with E-state index in [-0.39, 0.29) is 6.61 Å². The van der Waals surface area contributed by atoms with Crippen molar-refractivity contribution < 1.29 is 19.4 Å². The van der Waals surface area contributed by atoms with Gasteiger partial charge in [-0.25, -0.2) is 9.59 Å². The second kappa shape index (κ2) is 7.67. The topological polar surface area (TPSA) is 66.8 Å². The summed E-state index contributed by atoms with van der Waals surface area (Å²) in [5.41, 5.74) is 0.893. The zero-order chi connectivity index (χ0) is 15.1. The normalized spacial score (nSPS) is 19.4. The zero-order valence-corrected chi connectivity index (χ0v) is 12.0. The van der Waals surface area contributed by atoms with Crippen LogP contribution in [-0.4, -0.2) is 34.7 Å². The Morgan fingerprint density at radius 2 is 1.86 bits per heavy atom. The Hall–Kier alpha value is -2.04. The molecule has 1 saturated heterocycles. The molecule has 0 radical (unpaired) electrons. The number of carbonyl (C=O) groups is 2. The zero-order valence-electron chi connectivity index (χ0n) is 12.0. The predicted molar refractivity (Wildman–Crippen MR) is 77.8 cm³/mol. The molecule has 1 aromatic rings. The molecule has 114 valence electrons. The van der Waals surface area contributed by atoms with E-state index in [4.69, 9.17) is 4.74 Å². The number of benzene rings is 1. The largest absolute Gasteiger partial charge is 0.480 e. The smallest absolute Gasteiger partial charge is 0.410 e. The Balaban J connectivity index is 1.97. The number of nitrogens with zero attached hydrogens (tertiary/aromatic N) is 1. The lowest BCUT2D eigenvalue weighted by atomic mass is 10.0. The van der Waals surface area contributed by atoms with E-state index in [9.17, 15) is 14.7 Å². The van der Waals surface area contributed by atoms with E-state index in [1.165, 1.54) is 4.90 Å². The average Bonchev–Trinajstić information content (AvgIpc) is 2.45. The first kappa shape index (κ1) is 15.4. The third-order valence-electron chi connectivity index (χ3n) is 3.73. The maximum Gasteiger partial charge on any atom is 0.410 e. The van der Waals surface area contributed by atoms with E-state index in [1.807, 2.05) is 30.3 Å². The number of carboxylic acid groups (broad SMARTS) is 1. The Morgan fingerprint density at radius 1 is 1.14 bits per heavy atom. The van der Waals surface area contributed by atoms with Gasteiger partial charge in [0.25, 0.3) is 0 Å². The fourth-order valence-electron chi connectivity index (χ4n) is 2.56. The fourth-order valence-corrected chi connectivity index (χ4v) is 2.56. The summed E-state index contributed by atoms with van der Waals surface area (Å²) in [4.78, 5) is 24.9. The molecule has 1 unspecified atom stereocenters. The molecule has 0 aliphatic carbocycles. The van der Waals surface area contributed by atoms with Crippen molar-refractivity contribution >= 4 is 12.1 Å². The molecule has 5 heteroatoms. The Kier molecular flexibility index (Phi) is 5.60. The second-order valence-electron chi connectivity index (χ2n) is 5.29. The molecule has 0 spiro atoms. The highest BCUT2D eigenvalue weighted by molar-refractivity contribution is 5.80. The minimum absolute atomic E-state index is 0.169. The summed E-state index contributed by atoms with van der Waals surface area (Å²) in [5.74, 6) is -0.950. The fraction of sp³-hybridized carbons (Fsp3) is 0.500. The standard InChI is InChI=1S/C16H21NO4/c18-15(19)14-10-6-1-2-7-11-17(14)16(20)21-12-13-8-4-3-5-9-13/h3-5,8-9,14H,1-2,6-7,10-12H2,(H,18,19). The molecule has 21 heavy (non-hydrogen) atoms. The third-order valence-corrected chi connectivity index (χ3v) is 3.73. The van der Waals surface area contributed by atoms with Crippen molar-refractivity contribution in [1.29, 1.82) is 0 Å². The molecule has 1 fully saturated rings. The highest BCUT2D eigenvalue weighted by atomic mass is 16.6. The van der Waals surface area contributed by atoms with Gasteiger partial charge in [-0.05, 0) is 18.4 Å². The first-order valence-corrected chi connectivity index (χ1v) is 7.38. The third kappa shape index (κ3) is 4.48. The molecule has 2 rings (SSSR count). The van der Waals surface area contributed by atoms with Gasteiger partial charge < -0.3 is 9.84 Å². The van der Waals surface area contributed by atoms with Crippen LogP contribution in [0, 0.1) is 0 Å². The van der Waals surface area contributed by atoms with Crippen molar-refractivity contribution in [3.8, 4) is 0 Å². The lowest BCUT2D eigenvalue weighted by Crippen LogP contribution is -2.46. The Morgan fingerprint density at radius 3 is 2.57 bits per heavy atom. The first-order valence-electron chi connectivity index (χ1n) is 7.38. The molecular weight excluding hydrogens is 270 g/mol. The Labute approximate surface area is 124 Å². The van der Waals surface area contributed by atoms with Gasteiger partial charge >= 0.3 is 12.1 Å². The SMILES string of the molecule is O=C(O)C1CCCCCCN1C(=O)OCc1ccccc1. The summed E-state index contributed by atoms with van der Waals surface area (Å²) >= 11 is 0. The van der Waals surface area contributed by atoms with Gasteiger partial charge in [0.1, 0.15) is 12.6 Å². The van der Waals surface area contributed by atoms with Crippen LogP contribution in [0.15, 0.2) is 30.3 Å². The number of ether oxygens (including phenoxy) is 1. The molecule has 1 amide bonds. The summed E-state index contributed by atoms with van der Waals surface area (Å²) in [6.45, 7) is 0.618. The number of aliphatic carboxylic acids is 1. The van der Waals surface area contributed by atoms with Gasteiger partial charge in [0.2, 0.25) is 0 Å². The van der Waals surface area contributed by atoms with E-state index in [2.05, 4.69) is 0 Å². The van der Waals surface area contributed by atoms with Crippen LogP contribution in [0.4, 0.5) is 4.79 Å². The van der Waals surface area contributed by atoms with Crippen LogP contribution in [0.3, 0.4) is 0 Å². The van der Waals surface area contributed by atoms with E-state index in [0.717, 1.165) is 31.2 Å². The predicted octanol–water partition coefficient (Wildman–Crippen LogP) is 3.04. The van der Waals surface area contributed by atoms with Crippen LogP contribution >= 0.6 is 0 Å². The summed E-state index contributed by atoms with van der Waals surface area (Å²) in [6, 6.07) is 8.61. The van der Waals surface area contributed by atoms with Crippen LogP contribution in [0.1, 0.15) is 37.7 Å². The van der Waals surface area contributed by atoms with E-state index in [1.54, 1.807) is 0 Å². The van der Waals surface area contributed by atoms with E-state index < -0.39 is 18.1 Å². The van der Waals surface area contributed by atoms with Gasteiger partial charge in [-0.1, -0.05) is 49.6 Å². The van der Waals surface area contributed by atoms with E-state index >= 15 is 0 Å². The number of carbonyl (C=O) groups excluding carboxylic acids is 1. The highest BCUT2D eigenvalue weighted by Gasteiger charge is 2.31. The monoisotopic (exact) mass is 291 g/mol. The molecule has 1 aliphatic rings. The highest BCUT2D eigenvalue weighted by Crippen LogP contribution is 2.18. The molecule has 0 aromatic heterocycles. The van der Waals surface area contributed by atoms with Crippen LogP contribution in [0.5, 0.6) is 0 Å².